The Kier molecular flexibility index (Phi) is 3.72. The van der Waals surface area contributed by atoms with Crippen molar-refractivity contribution in [1.82, 2.24) is 4.90 Å². The maximum absolute atomic E-state index is 11.7. The molecule has 2 atom stereocenters. The second kappa shape index (κ2) is 4.61. The fourth-order valence-electron chi connectivity index (χ4n) is 1.94. The molecule has 3 heteroatoms. The Balaban J connectivity index is 2.54. The molecule has 1 aliphatic heterocycles. The van der Waals surface area contributed by atoms with Crippen LogP contribution in [-0.2, 0) is 4.79 Å². The van der Waals surface area contributed by atoms with Crippen LogP contribution in [0.3, 0.4) is 0 Å². The fraction of sp³-hybridized carbons (Fsp3) is 0.900. The molecule has 1 aliphatic rings. The van der Waals surface area contributed by atoms with Gasteiger partial charge < -0.3 is 10.6 Å². The monoisotopic (exact) mass is 184 g/mol. The highest BCUT2D eigenvalue weighted by Crippen LogP contribution is 2.20. The highest BCUT2D eigenvalue weighted by atomic mass is 16.2. The van der Waals surface area contributed by atoms with Crippen LogP contribution in [0.4, 0.5) is 0 Å². The maximum atomic E-state index is 11.7. The molecule has 0 aliphatic carbocycles. The number of carbonyl (C=O) groups is 1. The van der Waals surface area contributed by atoms with E-state index < -0.39 is 0 Å². The van der Waals surface area contributed by atoms with Crippen LogP contribution in [0.5, 0.6) is 0 Å². The van der Waals surface area contributed by atoms with Crippen molar-refractivity contribution in [2.24, 2.45) is 5.73 Å². The van der Waals surface area contributed by atoms with Crippen LogP contribution in [0.1, 0.15) is 39.5 Å². The van der Waals surface area contributed by atoms with Crippen LogP contribution in [0, 0.1) is 0 Å². The van der Waals surface area contributed by atoms with E-state index >= 15 is 0 Å². The quantitative estimate of drug-likeness (QED) is 0.714. The lowest BCUT2D eigenvalue weighted by atomic mass is 10.1. The second-order valence-electron chi connectivity index (χ2n) is 3.75. The van der Waals surface area contributed by atoms with Crippen molar-refractivity contribution in [3.05, 3.63) is 0 Å². The standard InChI is InChI=1S/C10H20N2O/c1-3-8-6-5-7-12(8)10(13)9(11)4-2/h8-9H,3-7,11H2,1-2H3/t8?,9-/m0/s1. The van der Waals surface area contributed by atoms with Gasteiger partial charge in [-0.3, -0.25) is 4.79 Å². The van der Waals surface area contributed by atoms with Gasteiger partial charge in [0.05, 0.1) is 6.04 Å². The highest BCUT2D eigenvalue weighted by Gasteiger charge is 2.29. The van der Waals surface area contributed by atoms with Gasteiger partial charge in [-0.2, -0.15) is 0 Å². The Morgan fingerprint density at radius 2 is 2.31 bits per heavy atom. The van der Waals surface area contributed by atoms with Gasteiger partial charge in [0, 0.05) is 12.6 Å². The van der Waals surface area contributed by atoms with E-state index in [4.69, 9.17) is 5.73 Å². The molecular formula is C10H20N2O. The van der Waals surface area contributed by atoms with Crippen molar-refractivity contribution < 1.29 is 4.79 Å². The largest absolute Gasteiger partial charge is 0.338 e. The molecule has 1 amide bonds. The number of nitrogens with two attached hydrogens (primary N) is 1. The van der Waals surface area contributed by atoms with Crippen molar-refractivity contribution in [3.8, 4) is 0 Å². The Labute approximate surface area is 80.3 Å². The first kappa shape index (κ1) is 10.5. The summed E-state index contributed by atoms with van der Waals surface area (Å²) in [5, 5.41) is 0. The summed E-state index contributed by atoms with van der Waals surface area (Å²) < 4.78 is 0. The Morgan fingerprint density at radius 1 is 1.62 bits per heavy atom. The van der Waals surface area contributed by atoms with Crippen LogP contribution in [0.15, 0.2) is 0 Å². The molecule has 0 aromatic rings. The van der Waals surface area contributed by atoms with Crippen LogP contribution in [0.2, 0.25) is 0 Å². The fourth-order valence-corrected chi connectivity index (χ4v) is 1.94. The topological polar surface area (TPSA) is 46.3 Å². The molecule has 1 saturated heterocycles. The molecule has 3 nitrogen and oxygen atoms in total. The van der Waals surface area contributed by atoms with Crippen LogP contribution < -0.4 is 5.73 Å². The van der Waals surface area contributed by atoms with Crippen LogP contribution >= 0.6 is 0 Å². The summed E-state index contributed by atoms with van der Waals surface area (Å²) in [6, 6.07) is 0.164. The first-order valence-electron chi connectivity index (χ1n) is 5.26. The lowest BCUT2D eigenvalue weighted by Gasteiger charge is -2.26. The first-order chi connectivity index (χ1) is 6.20. The van der Waals surface area contributed by atoms with Gasteiger partial charge in [0.15, 0.2) is 0 Å². The van der Waals surface area contributed by atoms with Gasteiger partial charge in [-0.15, -0.1) is 0 Å². The minimum absolute atomic E-state index is 0.145. The summed E-state index contributed by atoms with van der Waals surface area (Å²) in [7, 11) is 0. The molecule has 1 rings (SSSR count). The summed E-state index contributed by atoms with van der Waals surface area (Å²) in [5.41, 5.74) is 5.72. The van der Waals surface area contributed by atoms with E-state index in [2.05, 4.69) is 6.92 Å². The van der Waals surface area contributed by atoms with E-state index in [1.54, 1.807) is 0 Å². The number of nitrogens with zero attached hydrogens (tertiary/aromatic N) is 1. The lowest BCUT2D eigenvalue weighted by Crippen LogP contribution is -2.45. The molecule has 0 spiro atoms. The van der Waals surface area contributed by atoms with Crippen molar-refractivity contribution in [2.75, 3.05) is 6.54 Å². The summed E-state index contributed by atoms with van der Waals surface area (Å²) >= 11 is 0. The van der Waals surface area contributed by atoms with Crippen molar-refractivity contribution in [3.63, 3.8) is 0 Å². The van der Waals surface area contributed by atoms with Crippen LogP contribution in [0.25, 0.3) is 0 Å². The SMILES string of the molecule is CCC1CCCN1C(=O)[C@@H](N)CC. The number of carbonyl (C=O) groups excluding carboxylic acids is 1. The number of hydrogen-bond donors (Lipinski definition) is 1. The van der Waals surface area contributed by atoms with Gasteiger partial charge in [0.1, 0.15) is 0 Å². The average Bonchev–Trinajstić information content (AvgIpc) is 2.62. The maximum Gasteiger partial charge on any atom is 0.239 e. The minimum atomic E-state index is -0.285. The smallest absolute Gasteiger partial charge is 0.239 e. The molecule has 0 radical (unpaired) electrons. The van der Waals surface area contributed by atoms with Crippen LogP contribution in [-0.4, -0.2) is 29.4 Å². The molecule has 1 heterocycles. The molecular weight excluding hydrogens is 164 g/mol. The average molecular weight is 184 g/mol. The molecule has 0 aromatic carbocycles. The molecule has 0 saturated carbocycles. The molecule has 76 valence electrons. The Hall–Kier alpha value is -0.570. The summed E-state index contributed by atoms with van der Waals surface area (Å²) in [6.07, 6.45) is 4.09. The van der Waals surface area contributed by atoms with Gasteiger partial charge >= 0.3 is 0 Å². The zero-order chi connectivity index (χ0) is 9.84. The third-order valence-electron chi connectivity index (χ3n) is 2.89. The normalized spacial score (nSPS) is 24.8. The Morgan fingerprint density at radius 3 is 2.85 bits per heavy atom. The number of hydrogen-bond acceptors (Lipinski definition) is 2. The molecule has 1 fully saturated rings. The van der Waals surface area contributed by atoms with E-state index in [1.165, 1.54) is 0 Å². The zero-order valence-electron chi connectivity index (χ0n) is 8.62. The Bertz CT molecular complexity index is 182. The van der Waals surface area contributed by atoms with Gasteiger partial charge in [0.2, 0.25) is 5.91 Å². The van der Waals surface area contributed by atoms with E-state index in [0.29, 0.717) is 6.04 Å². The number of rotatable bonds is 3. The predicted octanol–water partition coefficient (Wildman–Crippen LogP) is 1.12. The predicted molar refractivity (Wildman–Crippen MR) is 53.3 cm³/mol. The van der Waals surface area contributed by atoms with Gasteiger partial charge in [-0.05, 0) is 25.7 Å². The van der Waals surface area contributed by atoms with E-state index in [1.807, 2.05) is 11.8 Å². The van der Waals surface area contributed by atoms with Gasteiger partial charge in [-0.1, -0.05) is 13.8 Å². The van der Waals surface area contributed by atoms with Crippen molar-refractivity contribution in [2.45, 2.75) is 51.6 Å². The molecule has 0 bridgehead atoms. The molecule has 0 aromatic heterocycles. The highest BCUT2D eigenvalue weighted by molar-refractivity contribution is 5.82. The van der Waals surface area contributed by atoms with Gasteiger partial charge in [-0.25, -0.2) is 0 Å². The number of likely N-dealkylation sites (tertiary alicyclic amines) is 1. The third kappa shape index (κ3) is 2.21. The summed E-state index contributed by atoms with van der Waals surface area (Å²) in [4.78, 5) is 13.7. The molecule has 1 unspecified atom stereocenters. The van der Waals surface area contributed by atoms with E-state index in [0.717, 1.165) is 32.2 Å². The zero-order valence-corrected chi connectivity index (χ0v) is 8.62. The van der Waals surface area contributed by atoms with E-state index in [-0.39, 0.29) is 11.9 Å². The number of amides is 1. The summed E-state index contributed by atoms with van der Waals surface area (Å²) in [5.74, 6) is 0.145. The van der Waals surface area contributed by atoms with E-state index in [9.17, 15) is 4.79 Å². The third-order valence-corrected chi connectivity index (χ3v) is 2.89. The first-order valence-corrected chi connectivity index (χ1v) is 5.26. The van der Waals surface area contributed by atoms with Crippen molar-refractivity contribution >= 4 is 5.91 Å². The van der Waals surface area contributed by atoms with Crippen molar-refractivity contribution in [1.29, 1.82) is 0 Å². The molecule has 2 N–H and O–H groups in total. The lowest BCUT2D eigenvalue weighted by molar-refractivity contribution is -0.133. The second-order valence-corrected chi connectivity index (χ2v) is 3.75. The molecule has 13 heavy (non-hydrogen) atoms. The summed E-state index contributed by atoms with van der Waals surface area (Å²) in [6.45, 7) is 5.00. The van der Waals surface area contributed by atoms with Gasteiger partial charge in [0.25, 0.3) is 0 Å². The minimum Gasteiger partial charge on any atom is -0.338 e.